The third-order valence-corrected chi connectivity index (χ3v) is 4.32. The van der Waals surface area contributed by atoms with Crippen molar-refractivity contribution in [3.8, 4) is 5.75 Å². The maximum absolute atomic E-state index is 12.6. The van der Waals surface area contributed by atoms with Gasteiger partial charge >= 0.3 is 0 Å². The number of anilines is 2. The number of para-hydroxylation sites is 2. The average Bonchev–Trinajstić information content (AvgIpc) is 2.76. The Balaban J connectivity index is 1.73. The van der Waals surface area contributed by atoms with E-state index in [9.17, 15) is 9.59 Å². The van der Waals surface area contributed by atoms with Gasteiger partial charge in [0.1, 0.15) is 5.75 Å². The monoisotopic (exact) mass is 389 g/mol. The summed E-state index contributed by atoms with van der Waals surface area (Å²) in [4.78, 5) is 29.2. The number of carbonyl (C=O) groups is 2. The first kappa shape index (κ1) is 20.1. The summed E-state index contributed by atoms with van der Waals surface area (Å²) in [6.07, 6.45) is 3.79. The molecule has 0 radical (unpaired) electrons. The molecule has 2 aromatic carbocycles. The third kappa shape index (κ3) is 5.19. The molecule has 2 N–H and O–H groups in total. The van der Waals surface area contributed by atoms with Crippen molar-refractivity contribution in [1.82, 2.24) is 4.98 Å². The molecule has 6 nitrogen and oxygen atoms in total. The molecule has 0 unspecified atom stereocenters. The smallest absolute Gasteiger partial charge is 0.257 e. The van der Waals surface area contributed by atoms with Crippen molar-refractivity contribution >= 4 is 23.2 Å². The second-order valence-electron chi connectivity index (χ2n) is 6.35. The molecule has 0 saturated carbocycles. The molecule has 6 heteroatoms. The van der Waals surface area contributed by atoms with Crippen LogP contribution in [0.15, 0.2) is 67.0 Å². The van der Waals surface area contributed by atoms with E-state index >= 15 is 0 Å². The van der Waals surface area contributed by atoms with Gasteiger partial charge in [0.05, 0.1) is 23.4 Å². The minimum atomic E-state index is -0.369. The normalized spacial score (nSPS) is 10.3. The molecule has 0 aliphatic carbocycles. The first-order valence-electron chi connectivity index (χ1n) is 9.49. The van der Waals surface area contributed by atoms with Gasteiger partial charge in [0.25, 0.3) is 11.8 Å². The number of amides is 2. The van der Waals surface area contributed by atoms with Gasteiger partial charge in [-0.3, -0.25) is 14.6 Å². The Kier molecular flexibility index (Phi) is 6.58. The minimum Gasteiger partial charge on any atom is -0.492 e. The summed E-state index contributed by atoms with van der Waals surface area (Å²) in [5, 5.41) is 5.63. The predicted octanol–water partition coefficient (Wildman–Crippen LogP) is 4.55. The Bertz CT molecular complexity index is 1000. The fourth-order valence-corrected chi connectivity index (χ4v) is 2.76. The van der Waals surface area contributed by atoms with Gasteiger partial charge in [-0.25, -0.2) is 0 Å². The van der Waals surface area contributed by atoms with Crippen LogP contribution in [0, 0.1) is 0 Å². The molecular weight excluding hydrogens is 366 g/mol. The molecule has 3 rings (SSSR count). The first-order valence-corrected chi connectivity index (χ1v) is 9.49. The molecule has 0 aliphatic heterocycles. The predicted molar refractivity (Wildman–Crippen MR) is 114 cm³/mol. The Morgan fingerprint density at radius 1 is 0.897 bits per heavy atom. The zero-order valence-electron chi connectivity index (χ0n) is 16.4. The number of rotatable bonds is 7. The highest BCUT2D eigenvalue weighted by Gasteiger charge is 2.13. The van der Waals surface area contributed by atoms with Crippen LogP contribution in [-0.4, -0.2) is 23.4 Å². The van der Waals surface area contributed by atoms with Crippen LogP contribution in [0.2, 0.25) is 0 Å². The van der Waals surface area contributed by atoms with Gasteiger partial charge in [-0.1, -0.05) is 31.2 Å². The molecule has 29 heavy (non-hydrogen) atoms. The number of hydrogen-bond acceptors (Lipinski definition) is 4. The van der Waals surface area contributed by atoms with Crippen molar-refractivity contribution in [3.05, 3.63) is 83.7 Å². The largest absolute Gasteiger partial charge is 0.492 e. The highest BCUT2D eigenvalue weighted by molar-refractivity contribution is 6.08. The van der Waals surface area contributed by atoms with E-state index in [4.69, 9.17) is 4.74 Å². The lowest BCUT2D eigenvalue weighted by molar-refractivity contribution is 0.102. The lowest BCUT2D eigenvalue weighted by Crippen LogP contribution is -2.16. The summed E-state index contributed by atoms with van der Waals surface area (Å²) in [6.45, 7) is 4.44. The van der Waals surface area contributed by atoms with E-state index in [1.54, 1.807) is 12.1 Å². The summed E-state index contributed by atoms with van der Waals surface area (Å²) in [5.41, 5.74) is 3.02. The Labute approximate surface area is 169 Å². The summed E-state index contributed by atoms with van der Waals surface area (Å²) in [7, 11) is 0. The van der Waals surface area contributed by atoms with Gasteiger partial charge in [-0.15, -0.1) is 0 Å². The van der Waals surface area contributed by atoms with Crippen molar-refractivity contribution in [2.24, 2.45) is 0 Å². The second kappa shape index (κ2) is 9.50. The van der Waals surface area contributed by atoms with Gasteiger partial charge in [0, 0.05) is 18.1 Å². The number of nitrogens with zero attached hydrogens (tertiary/aromatic N) is 1. The number of aromatic nitrogens is 1. The van der Waals surface area contributed by atoms with Gasteiger partial charge in [0.15, 0.2) is 0 Å². The summed E-state index contributed by atoms with van der Waals surface area (Å²) < 4.78 is 5.52. The van der Waals surface area contributed by atoms with Crippen LogP contribution in [0.1, 0.15) is 40.1 Å². The topological polar surface area (TPSA) is 80.3 Å². The number of hydrogen-bond donors (Lipinski definition) is 2. The molecule has 0 atom stereocenters. The van der Waals surface area contributed by atoms with E-state index in [0.717, 1.165) is 6.42 Å². The van der Waals surface area contributed by atoms with Crippen molar-refractivity contribution in [2.75, 3.05) is 17.2 Å². The number of carbonyl (C=O) groups excluding carboxylic acids is 2. The number of benzene rings is 2. The van der Waals surface area contributed by atoms with Crippen LogP contribution >= 0.6 is 0 Å². The fraction of sp³-hybridized carbons (Fsp3) is 0.174. The fourth-order valence-electron chi connectivity index (χ4n) is 2.76. The maximum atomic E-state index is 12.6. The zero-order chi connectivity index (χ0) is 20.6. The lowest BCUT2D eigenvalue weighted by atomic mass is 10.1. The molecule has 0 saturated heterocycles. The van der Waals surface area contributed by atoms with Crippen molar-refractivity contribution in [1.29, 1.82) is 0 Å². The Morgan fingerprint density at radius 2 is 1.55 bits per heavy atom. The highest BCUT2D eigenvalue weighted by Crippen LogP contribution is 2.24. The second-order valence-corrected chi connectivity index (χ2v) is 6.35. The Morgan fingerprint density at radius 3 is 2.21 bits per heavy atom. The SMILES string of the molecule is CCOc1ccccc1NC(=O)c1cncc(C(=O)Nc2ccc(CC)cc2)c1. The molecule has 148 valence electrons. The quantitative estimate of drug-likeness (QED) is 0.621. The van der Waals surface area contributed by atoms with Gasteiger partial charge in [0.2, 0.25) is 0 Å². The minimum absolute atomic E-state index is 0.283. The molecule has 2 amide bonds. The summed E-state index contributed by atoms with van der Waals surface area (Å²) in [5.74, 6) is -0.113. The molecule has 0 spiro atoms. The molecule has 0 fully saturated rings. The van der Waals surface area contributed by atoms with Gasteiger partial charge in [-0.05, 0) is 49.2 Å². The van der Waals surface area contributed by atoms with Crippen LogP contribution in [0.4, 0.5) is 11.4 Å². The summed E-state index contributed by atoms with van der Waals surface area (Å²) >= 11 is 0. The molecule has 3 aromatic rings. The van der Waals surface area contributed by atoms with E-state index in [1.165, 1.54) is 24.0 Å². The van der Waals surface area contributed by atoms with E-state index in [2.05, 4.69) is 22.5 Å². The van der Waals surface area contributed by atoms with Crippen LogP contribution in [0.5, 0.6) is 5.75 Å². The van der Waals surface area contributed by atoms with E-state index < -0.39 is 0 Å². The van der Waals surface area contributed by atoms with E-state index in [1.807, 2.05) is 43.3 Å². The van der Waals surface area contributed by atoms with Crippen molar-refractivity contribution in [2.45, 2.75) is 20.3 Å². The molecule has 0 aliphatic rings. The van der Waals surface area contributed by atoms with E-state index in [-0.39, 0.29) is 17.4 Å². The number of pyridine rings is 1. The van der Waals surface area contributed by atoms with Crippen molar-refractivity contribution in [3.63, 3.8) is 0 Å². The standard InChI is InChI=1S/C23H23N3O3/c1-3-16-9-11-19(12-10-16)25-22(27)17-13-18(15-24-14-17)23(28)26-20-7-5-6-8-21(20)29-4-2/h5-15H,3-4H2,1-2H3,(H,25,27)(H,26,28). The third-order valence-electron chi connectivity index (χ3n) is 4.32. The molecular formula is C23H23N3O3. The van der Waals surface area contributed by atoms with Crippen LogP contribution < -0.4 is 15.4 Å². The molecule has 0 bridgehead atoms. The van der Waals surface area contributed by atoms with Crippen molar-refractivity contribution < 1.29 is 14.3 Å². The average molecular weight is 389 g/mol. The number of nitrogens with one attached hydrogen (secondary N) is 2. The molecule has 1 aromatic heterocycles. The lowest BCUT2D eigenvalue weighted by Gasteiger charge is -2.11. The van der Waals surface area contributed by atoms with Gasteiger partial charge < -0.3 is 15.4 Å². The number of aryl methyl sites for hydroxylation is 1. The van der Waals surface area contributed by atoms with Gasteiger partial charge in [-0.2, -0.15) is 0 Å². The van der Waals surface area contributed by atoms with Crippen LogP contribution in [0.25, 0.3) is 0 Å². The Hall–Kier alpha value is -3.67. The van der Waals surface area contributed by atoms with E-state index in [0.29, 0.717) is 29.3 Å². The highest BCUT2D eigenvalue weighted by atomic mass is 16.5. The maximum Gasteiger partial charge on any atom is 0.257 e. The number of ether oxygens (including phenoxy) is 1. The summed E-state index contributed by atoms with van der Waals surface area (Å²) in [6, 6.07) is 16.3. The zero-order valence-corrected chi connectivity index (χ0v) is 16.4. The van der Waals surface area contributed by atoms with Crippen LogP contribution in [0.3, 0.4) is 0 Å². The van der Waals surface area contributed by atoms with Crippen LogP contribution in [-0.2, 0) is 6.42 Å². The first-order chi connectivity index (χ1) is 14.1. The molecule has 1 heterocycles.